The van der Waals surface area contributed by atoms with Crippen LogP contribution < -0.4 is 5.43 Å². The van der Waals surface area contributed by atoms with Gasteiger partial charge in [-0.05, 0) is 22.9 Å². The Hall–Kier alpha value is -0.750. The predicted molar refractivity (Wildman–Crippen MR) is 81.9 cm³/mol. The maximum absolute atomic E-state index is 12.5. The van der Waals surface area contributed by atoms with Crippen molar-refractivity contribution in [1.29, 1.82) is 0 Å². The molecule has 1 fully saturated rings. The Morgan fingerprint density at radius 3 is 2.58 bits per heavy atom. The van der Waals surface area contributed by atoms with E-state index < -0.39 is 0 Å². The number of nitrogens with one attached hydrogen (secondary N) is 1. The predicted octanol–water partition coefficient (Wildman–Crippen LogP) is 2.41. The van der Waals surface area contributed by atoms with Crippen molar-refractivity contribution < 1.29 is 4.79 Å². The molecule has 0 aromatic carbocycles. The Morgan fingerprint density at radius 2 is 2.00 bits per heavy atom. The average Bonchev–Trinajstić information content (AvgIpc) is 2.34. The number of H-pyrrole nitrogens is 1. The lowest BCUT2D eigenvalue weighted by Gasteiger charge is -2.34. The Bertz CT molecular complexity index is 548. The van der Waals surface area contributed by atoms with Gasteiger partial charge in [-0.15, -0.1) is 0 Å². The summed E-state index contributed by atoms with van der Waals surface area (Å²) in [5, 5.41) is 0.807. The molecule has 0 saturated carbocycles. The summed E-state index contributed by atoms with van der Waals surface area (Å²) < 4.78 is 0.436. The van der Waals surface area contributed by atoms with Crippen molar-refractivity contribution in [3.05, 3.63) is 32.2 Å². The van der Waals surface area contributed by atoms with Crippen molar-refractivity contribution in [3.8, 4) is 0 Å². The highest BCUT2D eigenvalue weighted by Crippen LogP contribution is 2.25. The molecular weight excluding hydrogens is 328 g/mol. The van der Waals surface area contributed by atoms with Crippen molar-refractivity contribution in [2.24, 2.45) is 0 Å². The second-order valence-electron chi connectivity index (χ2n) is 4.94. The zero-order valence-electron chi connectivity index (χ0n) is 11.2. The third kappa shape index (κ3) is 3.05. The van der Waals surface area contributed by atoms with Crippen LogP contribution >= 0.6 is 27.7 Å². The van der Waals surface area contributed by atoms with E-state index in [9.17, 15) is 9.59 Å². The molecule has 1 aliphatic rings. The number of carbonyl (C=O) groups is 1. The van der Waals surface area contributed by atoms with E-state index in [2.05, 4.69) is 34.8 Å². The monoisotopic (exact) mass is 344 g/mol. The van der Waals surface area contributed by atoms with Crippen molar-refractivity contribution in [3.63, 3.8) is 0 Å². The van der Waals surface area contributed by atoms with Gasteiger partial charge < -0.3 is 9.88 Å². The van der Waals surface area contributed by atoms with Gasteiger partial charge in [-0.1, -0.05) is 13.8 Å². The van der Waals surface area contributed by atoms with E-state index in [-0.39, 0.29) is 16.9 Å². The molecule has 6 heteroatoms. The quantitative estimate of drug-likeness (QED) is 0.851. The van der Waals surface area contributed by atoms with Gasteiger partial charge in [0.05, 0.1) is 4.47 Å². The van der Waals surface area contributed by atoms with Crippen LogP contribution in [0.4, 0.5) is 0 Å². The van der Waals surface area contributed by atoms with E-state index in [4.69, 9.17) is 0 Å². The number of aromatic amines is 1. The summed E-state index contributed by atoms with van der Waals surface area (Å²) in [6.45, 7) is 7.39. The Kier molecular flexibility index (Phi) is 4.40. The first-order valence-electron chi connectivity index (χ1n) is 6.22. The SMILES string of the molecule is Cc1[nH]cc(C(=O)N2C[C@@H](C)S[C@@H](C)C2)c(=O)c1Br. The number of hydrogen-bond acceptors (Lipinski definition) is 3. The molecule has 1 N–H and O–H groups in total. The number of nitrogens with zero attached hydrogens (tertiary/aromatic N) is 1. The second kappa shape index (κ2) is 5.71. The average molecular weight is 345 g/mol. The van der Waals surface area contributed by atoms with Gasteiger partial charge in [0.25, 0.3) is 5.91 Å². The van der Waals surface area contributed by atoms with Crippen LogP contribution in [0.5, 0.6) is 0 Å². The minimum absolute atomic E-state index is 0.180. The normalized spacial score (nSPS) is 23.5. The first kappa shape index (κ1) is 14.7. The smallest absolute Gasteiger partial charge is 0.259 e. The van der Waals surface area contributed by atoms with E-state index in [1.807, 2.05) is 11.8 Å². The fourth-order valence-electron chi connectivity index (χ4n) is 2.27. The molecular formula is C13H17BrN2O2S. The van der Waals surface area contributed by atoms with Crippen LogP contribution in [0.2, 0.25) is 0 Å². The lowest BCUT2D eigenvalue weighted by Crippen LogP contribution is -2.45. The molecule has 104 valence electrons. The lowest BCUT2D eigenvalue weighted by molar-refractivity contribution is 0.0751. The zero-order valence-corrected chi connectivity index (χ0v) is 13.6. The van der Waals surface area contributed by atoms with E-state index in [0.29, 0.717) is 28.1 Å². The summed E-state index contributed by atoms with van der Waals surface area (Å²) in [7, 11) is 0. The first-order valence-corrected chi connectivity index (χ1v) is 7.96. The van der Waals surface area contributed by atoms with Crippen LogP contribution in [0.3, 0.4) is 0 Å². The molecule has 1 aromatic heterocycles. The zero-order chi connectivity index (χ0) is 14.2. The molecule has 1 amide bonds. The number of pyridine rings is 1. The molecule has 19 heavy (non-hydrogen) atoms. The fourth-order valence-corrected chi connectivity index (χ4v) is 3.92. The summed E-state index contributed by atoms with van der Waals surface area (Å²) in [5.41, 5.74) is 0.709. The van der Waals surface area contributed by atoms with E-state index in [1.165, 1.54) is 6.20 Å². The molecule has 1 aromatic rings. The van der Waals surface area contributed by atoms with Crippen molar-refractivity contribution >= 4 is 33.6 Å². The third-order valence-corrected chi connectivity index (χ3v) is 5.33. The summed E-state index contributed by atoms with van der Waals surface area (Å²) in [4.78, 5) is 29.3. The van der Waals surface area contributed by atoms with Crippen LogP contribution in [0.25, 0.3) is 0 Å². The summed E-state index contributed by atoms with van der Waals surface area (Å²) in [5.74, 6) is -0.180. The Morgan fingerprint density at radius 1 is 1.42 bits per heavy atom. The third-order valence-electron chi connectivity index (χ3n) is 3.14. The number of halogens is 1. The minimum Gasteiger partial charge on any atom is -0.363 e. The maximum Gasteiger partial charge on any atom is 0.259 e. The molecule has 1 saturated heterocycles. The van der Waals surface area contributed by atoms with Gasteiger partial charge in [-0.3, -0.25) is 9.59 Å². The van der Waals surface area contributed by atoms with Gasteiger partial charge in [0, 0.05) is 35.5 Å². The molecule has 2 heterocycles. The first-order chi connectivity index (χ1) is 8.90. The lowest BCUT2D eigenvalue weighted by atomic mass is 10.2. The second-order valence-corrected chi connectivity index (χ2v) is 7.61. The van der Waals surface area contributed by atoms with Gasteiger partial charge in [-0.25, -0.2) is 0 Å². The molecule has 0 spiro atoms. The van der Waals surface area contributed by atoms with Gasteiger partial charge >= 0.3 is 0 Å². The number of amides is 1. The van der Waals surface area contributed by atoms with Gasteiger partial charge in [0.2, 0.25) is 5.43 Å². The van der Waals surface area contributed by atoms with Crippen molar-refractivity contribution in [1.82, 2.24) is 9.88 Å². The molecule has 0 bridgehead atoms. The van der Waals surface area contributed by atoms with E-state index >= 15 is 0 Å². The molecule has 1 aliphatic heterocycles. The number of hydrogen-bond donors (Lipinski definition) is 1. The topological polar surface area (TPSA) is 53.2 Å². The standard InChI is InChI=1S/C13H17BrN2O2S/c1-7-5-16(6-8(2)19-7)13(18)10-4-15-9(3)11(14)12(10)17/h4,7-8H,5-6H2,1-3H3,(H,15,17)/t7-,8+. The number of aromatic nitrogens is 1. The largest absolute Gasteiger partial charge is 0.363 e. The number of rotatable bonds is 1. The summed E-state index contributed by atoms with van der Waals surface area (Å²) >= 11 is 5.11. The Labute approximate surface area is 125 Å². The molecule has 4 nitrogen and oxygen atoms in total. The van der Waals surface area contributed by atoms with Crippen molar-refractivity contribution in [2.75, 3.05) is 13.1 Å². The van der Waals surface area contributed by atoms with E-state index in [0.717, 1.165) is 5.69 Å². The highest BCUT2D eigenvalue weighted by Gasteiger charge is 2.28. The molecule has 0 aliphatic carbocycles. The number of aryl methyl sites for hydroxylation is 1. The molecule has 0 radical (unpaired) electrons. The van der Waals surface area contributed by atoms with Gasteiger partial charge in [0.1, 0.15) is 5.56 Å². The number of thioether (sulfide) groups is 1. The number of carbonyl (C=O) groups excluding carboxylic acids is 1. The van der Waals surface area contributed by atoms with Crippen LogP contribution in [0.15, 0.2) is 15.5 Å². The summed E-state index contributed by atoms with van der Waals surface area (Å²) in [6.07, 6.45) is 1.52. The van der Waals surface area contributed by atoms with Gasteiger partial charge in [0.15, 0.2) is 0 Å². The highest BCUT2D eigenvalue weighted by molar-refractivity contribution is 9.10. The van der Waals surface area contributed by atoms with Gasteiger partial charge in [-0.2, -0.15) is 11.8 Å². The maximum atomic E-state index is 12.5. The van der Waals surface area contributed by atoms with Crippen LogP contribution in [0.1, 0.15) is 29.9 Å². The van der Waals surface area contributed by atoms with E-state index in [1.54, 1.807) is 11.8 Å². The molecule has 0 unspecified atom stereocenters. The highest BCUT2D eigenvalue weighted by atomic mass is 79.9. The van der Waals surface area contributed by atoms with Crippen LogP contribution in [-0.4, -0.2) is 39.4 Å². The molecule has 2 rings (SSSR count). The summed E-state index contributed by atoms with van der Waals surface area (Å²) in [6, 6.07) is 0. The molecule has 2 atom stereocenters. The minimum atomic E-state index is -0.236. The van der Waals surface area contributed by atoms with Crippen LogP contribution in [0, 0.1) is 6.92 Å². The van der Waals surface area contributed by atoms with Crippen molar-refractivity contribution in [2.45, 2.75) is 31.3 Å². The Balaban J connectivity index is 2.30. The van der Waals surface area contributed by atoms with Crippen LogP contribution in [-0.2, 0) is 0 Å². The fraction of sp³-hybridized carbons (Fsp3) is 0.538.